The van der Waals surface area contributed by atoms with Crippen molar-refractivity contribution in [1.82, 2.24) is 10.0 Å². The molecule has 2 aliphatic rings. The van der Waals surface area contributed by atoms with Gasteiger partial charge in [0, 0.05) is 16.8 Å². The molecule has 2 N–H and O–H groups in total. The highest BCUT2D eigenvalue weighted by atomic mass is 32.2. The number of carbonyl (C=O) groups is 1. The van der Waals surface area contributed by atoms with E-state index in [1.54, 1.807) is 12.1 Å². The van der Waals surface area contributed by atoms with E-state index in [-0.39, 0.29) is 0 Å². The lowest BCUT2D eigenvalue weighted by Crippen LogP contribution is -2.65. The van der Waals surface area contributed by atoms with E-state index >= 15 is 0 Å². The van der Waals surface area contributed by atoms with Gasteiger partial charge in [0.2, 0.25) is 0 Å². The van der Waals surface area contributed by atoms with Crippen LogP contribution in [0.1, 0.15) is 71.1 Å². The zero-order valence-electron chi connectivity index (χ0n) is 18.8. The molecule has 0 saturated carbocycles. The van der Waals surface area contributed by atoms with Gasteiger partial charge in [-0.2, -0.15) is 5.26 Å². The van der Waals surface area contributed by atoms with E-state index in [1.165, 1.54) is 0 Å². The first kappa shape index (κ1) is 23.1. The van der Waals surface area contributed by atoms with Crippen molar-refractivity contribution in [3.05, 3.63) is 34.9 Å². The number of ether oxygens (including phenoxy) is 1. The first-order valence-electron chi connectivity index (χ1n) is 10.5. The Morgan fingerprint density at radius 1 is 1.23 bits per heavy atom. The van der Waals surface area contributed by atoms with E-state index in [1.807, 2.05) is 47.6 Å². The van der Waals surface area contributed by atoms with E-state index in [0.29, 0.717) is 12.0 Å². The number of hydrogen-bond donors (Lipinski definition) is 2. The second kappa shape index (κ2) is 7.83. The Balaban J connectivity index is 2.26. The molecule has 7 heteroatoms. The van der Waals surface area contributed by atoms with Crippen molar-refractivity contribution in [2.75, 3.05) is 13.1 Å². The summed E-state index contributed by atoms with van der Waals surface area (Å²) in [7, 11) is 0. The van der Waals surface area contributed by atoms with Crippen LogP contribution < -0.4 is 10.0 Å². The fraction of sp³-hybridized carbons (Fsp3) is 0.652. The minimum absolute atomic E-state index is 0.414. The lowest BCUT2D eigenvalue weighted by molar-refractivity contribution is -0.170. The van der Waals surface area contributed by atoms with Gasteiger partial charge in [-0.05, 0) is 97.2 Å². The summed E-state index contributed by atoms with van der Waals surface area (Å²) in [6, 6.07) is 7.70. The van der Waals surface area contributed by atoms with E-state index in [2.05, 4.69) is 16.1 Å². The Kier molecular flexibility index (Phi) is 6.02. The summed E-state index contributed by atoms with van der Waals surface area (Å²) in [6.07, 6.45) is 2.18. The lowest BCUT2D eigenvalue weighted by atomic mass is 9.64. The van der Waals surface area contributed by atoms with Crippen molar-refractivity contribution in [1.29, 1.82) is 5.26 Å². The van der Waals surface area contributed by atoms with Gasteiger partial charge in [-0.3, -0.25) is 0 Å². The molecule has 2 unspecified atom stereocenters. The number of nitrogens with zero attached hydrogens (tertiary/aromatic N) is 1. The lowest BCUT2D eigenvalue weighted by Gasteiger charge is -2.48. The number of carbonyl (C=O) groups excluding carboxylic acids is 1. The number of rotatable bonds is 3. The number of benzene rings is 1. The number of esters is 1. The van der Waals surface area contributed by atoms with E-state index < -0.39 is 38.6 Å². The van der Waals surface area contributed by atoms with Crippen molar-refractivity contribution in [3.63, 3.8) is 0 Å². The predicted octanol–water partition coefficient (Wildman–Crippen LogP) is 3.07. The average Bonchev–Trinajstić information content (AvgIpc) is 2.89. The minimum Gasteiger partial charge on any atom is -0.598 e. The average molecular weight is 432 g/mol. The molecule has 3 rings (SSSR count). The van der Waals surface area contributed by atoms with Crippen LogP contribution in [0, 0.1) is 16.7 Å². The van der Waals surface area contributed by atoms with Gasteiger partial charge in [0.05, 0.1) is 11.6 Å². The minimum atomic E-state index is -1.51. The molecule has 30 heavy (non-hydrogen) atoms. The highest BCUT2D eigenvalue weighted by Gasteiger charge is 2.66. The van der Waals surface area contributed by atoms with Crippen LogP contribution in [-0.2, 0) is 32.9 Å². The summed E-state index contributed by atoms with van der Waals surface area (Å²) in [6.45, 7) is 12.7. The maximum atomic E-state index is 14.0. The Morgan fingerprint density at radius 3 is 2.40 bits per heavy atom. The Morgan fingerprint density at radius 2 is 1.87 bits per heavy atom. The SMILES string of the molecule is CC(C)(C)OC(=O)C1(N[S+]([O-])C(C)(C)C)c2cc(C#N)ccc2CC12CCNCC2. The second-order valence-electron chi connectivity index (χ2n) is 10.4. The van der Waals surface area contributed by atoms with Gasteiger partial charge in [0.1, 0.15) is 10.3 Å². The predicted molar refractivity (Wildman–Crippen MR) is 118 cm³/mol. The standard InChI is InChI=1S/C23H33N3O3S/c1-20(2,3)29-19(27)23(26-30(28)21(4,5)6)18-13-16(15-24)7-8-17(18)14-22(23)9-11-25-12-10-22/h7-8,13,25-26H,9-12,14H2,1-6H3. The van der Waals surface area contributed by atoms with E-state index in [0.717, 1.165) is 37.1 Å². The Labute approximate surface area is 183 Å². The molecule has 1 saturated heterocycles. The number of fused-ring (bicyclic) bond motifs is 1. The maximum absolute atomic E-state index is 14.0. The molecule has 2 atom stereocenters. The maximum Gasteiger partial charge on any atom is 0.336 e. The smallest absolute Gasteiger partial charge is 0.336 e. The van der Waals surface area contributed by atoms with Gasteiger partial charge in [-0.25, -0.2) is 4.79 Å². The van der Waals surface area contributed by atoms with Gasteiger partial charge in [0.15, 0.2) is 5.54 Å². The molecule has 0 aromatic heterocycles. The molecule has 1 aliphatic heterocycles. The molecule has 1 aliphatic carbocycles. The molecule has 0 amide bonds. The fourth-order valence-electron chi connectivity index (χ4n) is 4.57. The van der Waals surface area contributed by atoms with Crippen LogP contribution in [0.3, 0.4) is 0 Å². The van der Waals surface area contributed by atoms with Crippen molar-refractivity contribution in [2.45, 2.75) is 76.7 Å². The molecule has 1 aromatic carbocycles. The topological polar surface area (TPSA) is 97.2 Å². The first-order valence-corrected chi connectivity index (χ1v) is 11.7. The number of piperidine rings is 1. The largest absolute Gasteiger partial charge is 0.598 e. The third kappa shape index (κ3) is 3.99. The van der Waals surface area contributed by atoms with Crippen molar-refractivity contribution >= 4 is 17.3 Å². The zero-order valence-corrected chi connectivity index (χ0v) is 19.7. The summed E-state index contributed by atoms with van der Waals surface area (Å²) in [4.78, 5) is 14.0. The van der Waals surface area contributed by atoms with Gasteiger partial charge >= 0.3 is 5.97 Å². The molecular formula is C23H33N3O3S. The molecule has 1 heterocycles. The van der Waals surface area contributed by atoms with Crippen LogP contribution in [0.4, 0.5) is 0 Å². The molecule has 0 radical (unpaired) electrons. The number of hydrogen-bond acceptors (Lipinski definition) is 6. The van der Waals surface area contributed by atoms with Crippen LogP contribution in [0.25, 0.3) is 0 Å². The Bertz CT molecular complexity index is 860. The fourth-order valence-corrected chi connectivity index (χ4v) is 5.56. The van der Waals surface area contributed by atoms with Crippen LogP contribution >= 0.6 is 0 Å². The normalized spacial score (nSPS) is 24.2. The van der Waals surface area contributed by atoms with Crippen molar-refractivity contribution < 1.29 is 14.1 Å². The van der Waals surface area contributed by atoms with Gasteiger partial charge in [-0.1, -0.05) is 6.07 Å². The molecule has 1 aromatic rings. The van der Waals surface area contributed by atoms with Crippen molar-refractivity contribution in [2.24, 2.45) is 5.41 Å². The van der Waals surface area contributed by atoms with Gasteiger partial charge in [0.25, 0.3) is 0 Å². The van der Waals surface area contributed by atoms with Crippen LogP contribution in [-0.4, -0.2) is 34.0 Å². The number of nitriles is 1. The van der Waals surface area contributed by atoms with Crippen LogP contribution in [0.2, 0.25) is 0 Å². The second-order valence-corrected chi connectivity index (χ2v) is 12.4. The first-order chi connectivity index (χ1) is 13.8. The highest BCUT2D eigenvalue weighted by Crippen LogP contribution is 2.57. The molecule has 164 valence electrons. The third-order valence-electron chi connectivity index (χ3n) is 6.04. The van der Waals surface area contributed by atoms with E-state index in [4.69, 9.17) is 4.74 Å². The van der Waals surface area contributed by atoms with Crippen LogP contribution in [0.15, 0.2) is 18.2 Å². The quantitative estimate of drug-likeness (QED) is 0.564. The highest BCUT2D eigenvalue weighted by molar-refractivity contribution is 7.90. The number of nitrogens with one attached hydrogen (secondary N) is 2. The van der Waals surface area contributed by atoms with Crippen molar-refractivity contribution in [3.8, 4) is 6.07 Å². The summed E-state index contributed by atoms with van der Waals surface area (Å²) in [5.74, 6) is -0.414. The summed E-state index contributed by atoms with van der Waals surface area (Å²) < 4.78 is 22.1. The monoisotopic (exact) mass is 431 g/mol. The molecule has 1 spiro atoms. The molecule has 1 fully saturated rings. The Hall–Kier alpha value is -1.59. The third-order valence-corrected chi connectivity index (χ3v) is 7.64. The zero-order chi connectivity index (χ0) is 22.4. The van der Waals surface area contributed by atoms with Gasteiger partial charge < -0.3 is 14.6 Å². The van der Waals surface area contributed by atoms with Gasteiger partial charge in [-0.15, -0.1) is 4.72 Å². The van der Waals surface area contributed by atoms with Crippen LogP contribution in [0.5, 0.6) is 0 Å². The summed E-state index contributed by atoms with van der Waals surface area (Å²) in [5, 5.41) is 12.9. The molecule has 0 bridgehead atoms. The summed E-state index contributed by atoms with van der Waals surface area (Å²) in [5.41, 5.74) is -0.217. The summed E-state index contributed by atoms with van der Waals surface area (Å²) >= 11 is -1.51. The molecular weight excluding hydrogens is 398 g/mol. The van der Waals surface area contributed by atoms with E-state index in [9.17, 15) is 14.6 Å². The molecule has 6 nitrogen and oxygen atoms in total.